The lowest BCUT2D eigenvalue weighted by molar-refractivity contribution is 0.0335. The number of ether oxygens (including phenoxy) is 3. The average molecular weight is 484 g/mol. The van der Waals surface area contributed by atoms with Crippen molar-refractivity contribution in [2.24, 2.45) is 0 Å². The molecular weight excluding hydrogens is 454 g/mol. The summed E-state index contributed by atoms with van der Waals surface area (Å²) in [7, 11) is 1.61. The predicted molar refractivity (Wildman–Crippen MR) is 130 cm³/mol. The number of amides is 1. The van der Waals surface area contributed by atoms with Gasteiger partial charge in [0.25, 0.3) is 5.91 Å². The van der Waals surface area contributed by atoms with E-state index in [9.17, 15) is 9.59 Å². The summed E-state index contributed by atoms with van der Waals surface area (Å²) < 4.78 is 18.0. The standard InChI is InChI=1S/C25H29N3O5S/c1-4-16(2)33-25(30)22-19-7-5-6-8-21(19)34-24(22)26-23(29)20-13-14-28(27-20)15-32-18-11-9-17(31-3)10-12-18/h9-14,16H,4-8,15H2,1-3H3,(H,26,29). The number of anilines is 1. The molecule has 1 aliphatic carbocycles. The smallest absolute Gasteiger partial charge is 0.341 e. The second-order valence-corrected chi connectivity index (χ2v) is 9.29. The van der Waals surface area contributed by atoms with Crippen LogP contribution in [-0.4, -0.2) is 34.9 Å². The number of hydrogen-bond acceptors (Lipinski definition) is 7. The van der Waals surface area contributed by atoms with Crippen molar-refractivity contribution in [2.75, 3.05) is 12.4 Å². The molecule has 0 spiro atoms. The van der Waals surface area contributed by atoms with Crippen molar-refractivity contribution in [3.63, 3.8) is 0 Å². The zero-order chi connectivity index (χ0) is 24.1. The van der Waals surface area contributed by atoms with Crippen LogP contribution >= 0.6 is 11.3 Å². The van der Waals surface area contributed by atoms with Crippen molar-refractivity contribution in [2.45, 2.75) is 58.8 Å². The highest BCUT2D eigenvalue weighted by atomic mass is 32.1. The molecule has 1 aliphatic rings. The number of methoxy groups -OCH3 is 1. The van der Waals surface area contributed by atoms with Crippen LogP contribution in [0.4, 0.5) is 5.00 Å². The zero-order valence-electron chi connectivity index (χ0n) is 19.6. The maximum atomic E-state index is 13.0. The van der Waals surface area contributed by atoms with Gasteiger partial charge < -0.3 is 19.5 Å². The first-order chi connectivity index (χ1) is 16.5. The largest absolute Gasteiger partial charge is 0.497 e. The van der Waals surface area contributed by atoms with Gasteiger partial charge in [0.15, 0.2) is 12.4 Å². The minimum atomic E-state index is -0.376. The fourth-order valence-electron chi connectivity index (χ4n) is 3.73. The minimum Gasteiger partial charge on any atom is -0.497 e. The van der Waals surface area contributed by atoms with Crippen molar-refractivity contribution in [3.8, 4) is 11.5 Å². The van der Waals surface area contributed by atoms with Crippen molar-refractivity contribution in [1.82, 2.24) is 9.78 Å². The van der Waals surface area contributed by atoms with Crippen LogP contribution in [0, 0.1) is 0 Å². The third-order valence-electron chi connectivity index (χ3n) is 5.78. The Morgan fingerprint density at radius 2 is 1.88 bits per heavy atom. The molecule has 8 nitrogen and oxygen atoms in total. The molecule has 3 aromatic rings. The summed E-state index contributed by atoms with van der Waals surface area (Å²) in [4.78, 5) is 27.0. The molecule has 0 bridgehead atoms. The number of benzene rings is 1. The highest BCUT2D eigenvalue weighted by molar-refractivity contribution is 7.17. The lowest BCUT2D eigenvalue weighted by atomic mass is 9.95. The lowest BCUT2D eigenvalue weighted by Crippen LogP contribution is -2.19. The molecule has 1 atom stereocenters. The molecule has 2 heterocycles. The van der Waals surface area contributed by atoms with E-state index < -0.39 is 0 Å². The summed E-state index contributed by atoms with van der Waals surface area (Å²) in [6, 6.07) is 8.84. The van der Waals surface area contributed by atoms with Crippen molar-refractivity contribution in [1.29, 1.82) is 0 Å². The molecule has 34 heavy (non-hydrogen) atoms. The number of nitrogens with one attached hydrogen (secondary N) is 1. The van der Waals surface area contributed by atoms with E-state index in [-0.39, 0.29) is 30.4 Å². The van der Waals surface area contributed by atoms with Gasteiger partial charge in [0.1, 0.15) is 16.5 Å². The first kappa shape index (κ1) is 23.8. The van der Waals surface area contributed by atoms with E-state index in [1.807, 2.05) is 26.0 Å². The number of rotatable bonds is 9. The zero-order valence-corrected chi connectivity index (χ0v) is 20.4. The van der Waals surface area contributed by atoms with Crippen LogP contribution < -0.4 is 14.8 Å². The fraction of sp³-hybridized carbons (Fsp3) is 0.400. The highest BCUT2D eigenvalue weighted by Gasteiger charge is 2.28. The molecule has 1 aromatic carbocycles. The summed E-state index contributed by atoms with van der Waals surface area (Å²) in [5, 5.41) is 7.76. The van der Waals surface area contributed by atoms with Gasteiger partial charge in [-0.25, -0.2) is 9.48 Å². The van der Waals surface area contributed by atoms with Crippen LogP contribution in [0.25, 0.3) is 0 Å². The molecule has 1 N–H and O–H groups in total. The Balaban J connectivity index is 1.45. The van der Waals surface area contributed by atoms with E-state index in [1.54, 1.807) is 31.5 Å². The van der Waals surface area contributed by atoms with Crippen LogP contribution in [0.2, 0.25) is 0 Å². The Morgan fingerprint density at radius 1 is 1.15 bits per heavy atom. The van der Waals surface area contributed by atoms with Gasteiger partial charge in [0, 0.05) is 11.1 Å². The van der Waals surface area contributed by atoms with E-state index in [0.717, 1.165) is 48.3 Å². The third kappa shape index (κ3) is 5.41. The van der Waals surface area contributed by atoms with Crippen LogP contribution in [0.5, 0.6) is 11.5 Å². The van der Waals surface area contributed by atoms with E-state index >= 15 is 0 Å². The molecular formula is C25H29N3O5S. The SMILES string of the molecule is CCC(C)OC(=O)c1c(NC(=O)c2ccn(COc3ccc(OC)cc3)n2)sc2c1CCCC2. The van der Waals surface area contributed by atoms with Gasteiger partial charge in [0.05, 0.1) is 18.8 Å². The first-order valence-electron chi connectivity index (χ1n) is 11.5. The van der Waals surface area contributed by atoms with E-state index in [4.69, 9.17) is 14.2 Å². The first-order valence-corrected chi connectivity index (χ1v) is 12.3. The van der Waals surface area contributed by atoms with E-state index in [2.05, 4.69) is 10.4 Å². The van der Waals surface area contributed by atoms with Crippen molar-refractivity contribution >= 4 is 28.2 Å². The van der Waals surface area contributed by atoms with Crippen LogP contribution in [0.3, 0.4) is 0 Å². The topological polar surface area (TPSA) is 91.7 Å². The third-order valence-corrected chi connectivity index (χ3v) is 6.99. The number of esters is 1. The number of carbonyl (C=O) groups is 2. The summed E-state index contributed by atoms with van der Waals surface area (Å²) in [5.74, 6) is 0.658. The second-order valence-electron chi connectivity index (χ2n) is 8.18. The quantitative estimate of drug-likeness (QED) is 0.427. The molecule has 0 fully saturated rings. The number of thiophene rings is 1. The number of fused-ring (bicyclic) bond motifs is 1. The van der Waals surface area contributed by atoms with Gasteiger partial charge >= 0.3 is 5.97 Å². The number of hydrogen-bond donors (Lipinski definition) is 1. The predicted octanol–water partition coefficient (Wildman–Crippen LogP) is 5.08. The molecule has 4 rings (SSSR count). The Bertz CT molecular complexity index is 1150. The lowest BCUT2D eigenvalue weighted by Gasteiger charge is -2.15. The molecule has 1 amide bonds. The number of aryl methyl sites for hydroxylation is 1. The Hall–Kier alpha value is -3.33. The van der Waals surface area contributed by atoms with Gasteiger partial charge in [-0.15, -0.1) is 11.3 Å². The van der Waals surface area contributed by atoms with Gasteiger partial charge in [-0.3, -0.25) is 4.79 Å². The molecule has 1 unspecified atom stereocenters. The van der Waals surface area contributed by atoms with Crippen molar-refractivity contribution in [3.05, 3.63) is 58.2 Å². The normalized spacial score (nSPS) is 13.6. The Morgan fingerprint density at radius 3 is 2.62 bits per heavy atom. The maximum Gasteiger partial charge on any atom is 0.341 e. The fourth-order valence-corrected chi connectivity index (χ4v) is 5.00. The van der Waals surface area contributed by atoms with Crippen LogP contribution in [0.1, 0.15) is 64.4 Å². The summed E-state index contributed by atoms with van der Waals surface area (Å²) in [6.07, 6.45) is 6.07. The summed E-state index contributed by atoms with van der Waals surface area (Å²) in [5.41, 5.74) is 1.75. The van der Waals surface area contributed by atoms with E-state index in [1.165, 1.54) is 16.0 Å². The molecule has 0 saturated heterocycles. The van der Waals surface area contributed by atoms with Gasteiger partial charge in [-0.2, -0.15) is 5.10 Å². The van der Waals surface area contributed by atoms with Crippen molar-refractivity contribution < 1.29 is 23.8 Å². The van der Waals surface area contributed by atoms with Crippen LogP contribution in [0.15, 0.2) is 36.5 Å². The summed E-state index contributed by atoms with van der Waals surface area (Å²) >= 11 is 1.46. The number of nitrogens with zero attached hydrogens (tertiary/aromatic N) is 2. The summed E-state index contributed by atoms with van der Waals surface area (Å²) in [6.45, 7) is 3.99. The van der Waals surface area contributed by atoms with E-state index in [0.29, 0.717) is 16.3 Å². The minimum absolute atomic E-state index is 0.152. The molecule has 0 aliphatic heterocycles. The molecule has 180 valence electrons. The number of aromatic nitrogens is 2. The van der Waals surface area contributed by atoms with Gasteiger partial charge in [0.2, 0.25) is 0 Å². The highest BCUT2D eigenvalue weighted by Crippen LogP contribution is 2.39. The molecule has 0 saturated carbocycles. The molecule has 0 radical (unpaired) electrons. The Labute approximate surface area is 202 Å². The maximum absolute atomic E-state index is 13.0. The Kier molecular flexibility index (Phi) is 7.52. The second kappa shape index (κ2) is 10.7. The number of carbonyl (C=O) groups excluding carboxylic acids is 2. The van der Waals surface area contributed by atoms with Gasteiger partial charge in [-0.05, 0) is 74.9 Å². The molecule has 2 aromatic heterocycles. The van der Waals surface area contributed by atoms with Crippen LogP contribution in [-0.2, 0) is 24.3 Å². The molecule has 9 heteroatoms. The monoisotopic (exact) mass is 483 g/mol. The van der Waals surface area contributed by atoms with Gasteiger partial charge in [-0.1, -0.05) is 6.92 Å². The average Bonchev–Trinajstić information content (AvgIpc) is 3.47.